The first-order valence-electron chi connectivity index (χ1n) is 10.2. The van der Waals surface area contributed by atoms with Crippen molar-refractivity contribution in [1.29, 1.82) is 0 Å². The Balaban J connectivity index is 1.81. The summed E-state index contributed by atoms with van der Waals surface area (Å²) in [4.78, 5) is 17.9. The summed E-state index contributed by atoms with van der Waals surface area (Å²) >= 11 is 5.99. The van der Waals surface area contributed by atoms with Crippen molar-refractivity contribution in [2.45, 2.75) is 33.6 Å². The van der Waals surface area contributed by atoms with E-state index >= 15 is 0 Å². The molecule has 2 heterocycles. The Kier molecular flexibility index (Phi) is 5.83. The molecule has 7 heteroatoms. The van der Waals surface area contributed by atoms with Gasteiger partial charge in [-0.1, -0.05) is 30.6 Å². The molecule has 0 aliphatic heterocycles. The minimum absolute atomic E-state index is 0.124. The van der Waals surface area contributed by atoms with Crippen LogP contribution in [-0.2, 0) is 12.8 Å². The maximum absolute atomic E-state index is 13.4. The van der Waals surface area contributed by atoms with Gasteiger partial charge in [-0.25, -0.2) is 0 Å². The molecule has 0 saturated carbocycles. The second-order valence-electron chi connectivity index (χ2n) is 7.97. The number of nitrogens with zero attached hydrogens (tertiary/aromatic N) is 3. The fraction of sp³-hybridized carbons (Fsp3) is 0.292. The van der Waals surface area contributed by atoms with Gasteiger partial charge in [0, 0.05) is 28.1 Å². The molecule has 0 radical (unpaired) electrons. The lowest BCUT2D eigenvalue weighted by Crippen LogP contribution is -2.13. The molecule has 0 amide bonds. The number of ether oxygens (including phenoxy) is 1. The van der Waals surface area contributed by atoms with E-state index in [1.807, 2.05) is 25.1 Å². The van der Waals surface area contributed by atoms with Crippen LogP contribution in [-0.4, -0.2) is 27.7 Å². The molecule has 4 aromatic rings. The number of fused-ring (bicyclic) bond motifs is 1. The highest BCUT2D eigenvalue weighted by Gasteiger charge is 2.22. The van der Waals surface area contributed by atoms with Crippen LogP contribution in [0.5, 0.6) is 5.75 Å². The number of halogens is 1. The van der Waals surface area contributed by atoms with Crippen molar-refractivity contribution in [1.82, 2.24) is 14.7 Å². The van der Waals surface area contributed by atoms with Crippen molar-refractivity contribution in [2.24, 2.45) is 5.92 Å². The van der Waals surface area contributed by atoms with Gasteiger partial charge in [-0.2, -0.15) is 4.98 Å². The molecule has 0 unspecified atom stereocenters. The molecule has 160 valence electrons. The van der Waals surface area contributed by atoms with E-state index in [1.54, 1.807) is 35.9 Å². The summed E-state index contributed by atoms with van der Waals surface area (Å²) in [6.07, 6.45) is 1.19. The maximum Gasteiger partial charge on any atom is 0.262 e. The van der Waals surface area contributed by atoms with E-state index in [9.17, 15) is 4.79 Å². The van der Waals surface area contributed by atoms with Crippen molar-refractivity contribution < 1.29 is 14.1 Å². The summed E-state index contributed by atoms with van der Waals surface area (Å²) in [6, 6.07) is 12.6. The molecule has 2 aromatic carbocycles. The highest BCUT2D eigenvalue weighted by Crippen LogP contribution is 2.31. The summed E-state index contributed by atoms with van der Waals surface area (Å²) in [5.41, 5.74) is 3.14. The van der Waals surface area contributed by atoms with Crippen LogP contribution in [0.2, 0.25) is 5.02 Å². The Morgan fingerprint density at radius 2 is 1.94 bits per heavy atom. The molecule has 0 N–H and O–H groups in total. The molecule has 4 rings (SSSR count). The third-order valence-electron chi connectivity index (χ3n) is 5.27. The Morgan fingerprint density at radius 1 is 1.19 bits per heavy atom. The van der Waals surface area contributed by atoms with E-state index in [4.69, 9.17) is 20.9 Å². The van der Waals surface area contributed by atoms with E-state index in [0.717, 1.165) is 34.3 Å². The van der Waals surface area contributed by atoms with E-state index in [2.05, 4.69) is 24.0 Å². The van der Waals surface area contributed by atoms with E-state index < -0.39 is 0 Å². The first-order chi connectivity index (χ1) is 14.9. The van der Waals surface area contributed by atoms with Gasteiger partial charge >= 0.3 is 0 Å². The number of hydrogen-bond donors (Lipinski definition) is 0. The second-order valence-corrected chi connectivity index (χ2v) is 8.41. The molecule has 31 heavy (non-hydrogen) atoms. The fourth-order valence-electron chi connectivity index (χ4n) is 3.76. The van der Waals surface area contributed by atoms with Crippen LogP contribution in [0, 0.1) is 12.8 Å². The quantitative estimate of drug-likeness (QED) is 0.400. The average molecular weight is 438 g/mol. The number of carbonyl (C=O) groups is 1. The summed E-state index contributed by atoms with van der Waals surface area (Å²) < 4.78 is 12.6. The lowest BCUT2D eigenvalue weighted by Gasteiger charge is -2.08. The standard InChI is InChI=1S/C24H24ClN3O3/c1-14(2)11-22-26-23(31-27-22)13-19-15(3)28(21-10-9-18(30-4)12-20(19)21)24(29)16-5-7-17(25)8-6-16/h5-10,12,14H,11,13H2,1-4H3. The van der Waals surface area contributed by atoms with Crippen molar-refractivity contribution in [3.63, 3.8) is 0 Å². The van der Waals surface area contributed by atoms with Crippen LogP contribution in [0.3, 0.4) is 0 Å². The van der Waals surface area contributed by atoms with Gasteiger partial charge in [0.2, 0.25) is 5.89 Å². The zero-order valence-electron chi connectivity index (χ0n) is 18.0. The molecular weight excluding hydrogens is 414 g/mol. The number of rotatable bonds is 6. The lowest BCUT2D eigenvalue weighted by molar-refractivity contribution is 0.0963. The normalized spacial score (nSPS) is 11.4. The molecule has 0 fully saturated rings. The summed E-state index contributed by atoms with van der Waals surface area (Å²) in [7, 11) is 1.62. The van der Waals surface area contributed by atoms with E-state index in [-0.39, 0.29) is 5.91 Å². The van der Waals surface area contributed by atoms with Gasteiger partial charge in [-0.3, -0.25) is 9.36 Å². The third-order valence-corrected chi connectivity index (χ3v) is 5.52. The molecule has 0 spiro atoms. The average Bonchev–Trinajstić information content (AvgIpc) is 3.29. The van der Waals surface area contributed by atoms with Crippen molar-refractivity contribution in [3.8, 4) is 5.75 Å². The molecular formula is C24H24ClN3O3. The molecule has 0 bridgehead atoms. The van der Waals surface area contributed by atoms with Crippen molar-refractivity contribution >= 4 is 28.4 Å². The lowest BCUT2D eigenvalue weighted by atomic mass is 10.1. The molecule has 0 saturated heterocycles. The van der Waals surface area contributed by atoms with Crippen molar-refractivity contribution in [3.05, 3.63) is 76.0 Å². The van der Waals surface area contributed by atoms with Gasteiger partial charge in [0.1, 0.15) is 5.75 Å². The summed E-state index contributed by atoms with van der Waals surface area (Å²) in [5.74, 6) is 2.26. The highest BCUT2D eigenvalue weighted by atomic mass is 35.5. The molecule has 2 aromatic heterocycles. The number of methoxy groups -OCH3 is 1. The highest BCUT2D eigenvalue weighted by molar-refractivity contribution is 6.30. The van der Waals surface area contributed by atoms with Crippen LogP contribution in [0.15, 0.2) is 47.0 Å². The van der Waals surface area contributed by atoms with Gasteiger partial charge in [-0.05, 0) is 60.9 Å². The predicted octanol–water partition coefficient (Wildman–Crippen LogP) is 5.47. The van der Waals surface area contributed by atoms with Gasteiger partial charge in [0.15, 0.2) is 5.82 Å². The number of aromatic nitrogens is 3. The molecule has 6 nitrogen and oxygen atoms in total. The topological polar surface area (TPSA) is 70.2 Å². The smallest absolute Gasteiger partial charge is 0.262 e. The van der Waals surface area contributed by atoms with Gasteiger partial charge in [0.25, 0.3) is 5.91 Å². The third kappa shape index (κ3) is 4.21. The largest absolute Gasteiger partial charge is 0.497 e. The monoisotopic (exact) mass is 437 g/mol. The van der Waals surface area contributed by atoms with Crippen molar-refractivity contribution in [2.75, 3.05) is 7.11 Å². The molecule has 0 atom stereocenters. The maximum atomic E-state index is 13.4. The van der Waals surface area contributed by atoms with Crippen LogP contribution in [0.4, 0.5) is 0 Å². The van der Waals surface area contributed by atoms with Crippen LogP contribution < -0.4 is 4.74 Å². The zero-order chi connectivity index (χ0) is 22.1. The molecule has 0 aliphatic rings. The Morgan fingerprint density at radius 3 is 2.61 bits per heavy atom. The van der Waals surface area contributed by atoms with Crippen LogP contribution in [0.1, 0.15) is 47.2 Å². The molecule has 0 aliphatic carbocycles. The predicted molar refractivity (Wildman–Crippen MR) is 120 cm³/mol. The minimum Gasteiger partial charge on any atom is -0.497 e. The fourth-order valence-corrected chi connectivity index (χ4v) is 3.88. The Bertz CT molecular complexity index is 1240. The van der Waals surface area contributed by atoms with Gasteiger partial charge in [-0.15, -0.1) is 0 Å². The van der Waals surface area contributed by atoms with Crippen LogP contribution in [0.25, 0.3) is 10.9 Å². The SMILES string of the molecule is COc1ccc2c(c1)c(Cc1nc(CC(C)C)no1)c(C)n2C(=O)c1ccc(Cl)cc1. The summed E-state index contributed by atoms with van der Waals surface area (Å²) in [5, 5.41) is 5.60. The Hall–Kier alpha value is -3.12. The van der Waals surface area contributed by atoms with Crippen LogP contribution >= 0.6 is 11.6 Å². The second kappa shape index (κ2) is 8.55. The zero-order valence-corrected chi connectivity index (χ0v) is 18.7. The van der Waals surface area contributed by atoms with E-state index in [0.29, 0.717) is 34.6 Å². The van der Waals surface area contributed by atoms with E-state index in [1.165, 1.54) is 0 Å². The number of benzene rings is 2. The first-order valence-corrected chi connectivity index (χ1v) is 10.5. The van der Waals surface area contributed by atoms with Gasteiger partial charge < -0.3 is 9.26 Å². The first kappa shape index (κ1) is 21.1. The summed E-state index contributed by atoms with van der Waals surface area (Å²) in [6.45, 7) is 6.16. The number of hydrogen-bond acceptors (Lipinski definition) is 5. The minimum atomic E-state index is -0.124. The Labute approximate surface area is 185 Å². The number of carbonyl (C=O) groups excluding carboxylic acids is 1. The van der Waals surface area contributed by atoms with Gasteiger partial charge in [0.05, 0.1) is 19.0 Å².